The van der Waals surface area contributed by atoms with Gasteiger partial charge in [-0.2, -0.15) is 0 Å². The summed E-state index contributed by atoms with van der Waals surface area (Å²) in [5, 5.41) is 2.36. The Labute approximate surface area is 137 Å². The van der Waals surface area contributed by atoms with E-state index in [1.807, 2.05) is 0 Å². The van der Waals surface area contributed by atoms with Gasteiger partial charge >= 0.3 is 6.36 Å². The Morgan fingerprint density at radius 2 is 1.87 bits per heavy atom. The van der Waals surface area contributed by atoms with Crippen molar-refractivity contribution in [3.05, 3.63) is 63.9 Å². The van der Waals surface area contributed by atoms with E-state index in [0.717, 1.165) is 12.1 Å². The number of alkyl halides is 3. The lowest BCUT2D eigenvalue weighted by atomic mass is 10.1. The van der Waals surface area contributed by atoms with Crippen LogP contribution in [0.15, 0.2) is 46.9 Å². The monoisotopic (exact) mass is 391 g/mol. The molecule has 0 bridgehead atoms. The van der Waals surface area contributed by atoms with Crippen LogP contribution >= 0.6 is 15.9 Å². The predicted octanol–water partition coefficient (Wildman–Crippen LogP) is 4.42. The molecule has 2 rings (SSSR count). The van der Waals surface area contributed by atoms with Crippen LogP contribution in [0, 0.1) is 5.82 Å². The van der Waals surface area contributed by atoms with Crippen LogP contribution in [-0.2, 0) is 6.54 Å². The molecule has 2 aromatic carbocycles. The molecular formula is C15H10BrF4NO2. The van der Waals surface area contributed by atoms with Gasteiger partial charge in [-0.25, -0.2) is 4.39 Å². The van der Waals surface area contributed by atoms with Gasteiger partial charge in [0.15, 0.2) is 0 Å². The van der Waals surface area contributed by atoms with Gasteiger partial charge in [-0.1, -0.05) is 34.1 Å². The molecule has 0 atom stereocenters. The Morgan fingerprint density at radius 1 is 1.17 bits per heavy atom. The molecule has 0 aromatic heterocycles. The largest absolute Gasteiger partial charge is 0.573 e. The van der Waals surface area contributed by atoms with Crippen molar-refractivity contribution in [3.8, 4) is 5.75 Å². The molecule has 0 saturated heterocycles. The van der Waals surface area contributed by atoms with E-state index in [1.165, 1.54) is 30.3 Å². The Balaban J connectivity index is 2.10. The van der Waals surface area contributed by atoms with Gasteiger partial charge in [0.05, 0.1) is 5.56 Å². The molecule has 0 unspecified atom stereocenters. The first kappa shape index (κ1) is 17.3. The van der Waals surface area contributed by atoms with Gasteiger partial charge in [0.2, 0.25) is 0 Å². The van der Waals surface area contributed by atoms with Gasteiger partial charge in [0.1, 0.15) is 11.6 Å². The highest BCUT2D eigenvalue weighted by molar-refractivity contribution is 9.10. The van der Waals surface area contributed by atoms with E-state index in [0.29, 0.717) is 4.47 Å². The standard InChI is InChI=1S/C15H10BrF4NO2/c16-10-5-6-11(12(17)7-10)14(22)21-8-9-3-1-2-4-13(9)23-15(18,19)20/h1-7H,8H2,(H,21,22). The zero-order valence-electron chi connectivity index (χ0n) is 11.5. The molecule has 0 radical (unpaired) electrons. The number of ether oxygens (including phenoxy) is 1. The number of nitrogens with one attached hydrogen (secondary N) is 1. The van der Waals surface area contributed by atoms with Crippen LogP contribution in [0.3, 0.4) is 0 Å². The zero-order chi connectivity index (χ0) is 17.0. The normalized spacial score (nSPS) is 11.2. The molecule has 8 heteroatoms. The second kappa shape index (κ2) is 6.99. The summed E-state index contributed by atoms with van der Waals surface area (Å²) in [6.07, 6.45) is -4.84. The molecule has 3 nitrogen and oxygen atoms in total. The fourth-order valence-corrected chi connectivity index (χ4v) is 2.15. The van der Waals surface area contributed by atoms with Crippen LogP contribution < -0.4 is 10.1 Å². The number of carbonyl (C=O) groups excluding carboxylic acids is 1. The van der Waals surface area contributed by atoms with E-state index in [2.05, 4.69) is 26.0 Å². The SMILES string of the molecule is O=C(NCc1ccccc1OC(F)(F)F)c1ccc(Br)cc1F. The van der Waals surface area contributed by atoms with Gasteiger partial charge in [-0.05, 0) is 24.3 Å². The van der Waals surface area contributed by atoms with E-state index < -0.39 is 23.8 Å². The van der Waals surface area contributed by atoms with Crippen molar-refractivity contribution in [2.75, 3.05) is 0 Å². The van der Waals surface area contributed by atoms with Gasteiger partial charge in [0, 0.05) is 16.6 Å². The summed E-state index contributed by atoms with van der Waals surface area (Å²) in [6.45, 7) is -0.236. The first-order valence-corrected chi connectivity index (χ1v) is 7.12. The number of carbonyl (C=O) groups is 1. The number of hydrogen-bond donors (Lipinski definition) is 1. The molecule has 1 amide bonds. The van der Waals surface area contributed by atoms with Crippen molar-refractivity contribution >= 4 is 21.8 Å². The third-order valence-corrected chi connectivity index (χ3v) is 3.31. The van der Waals surface area contributed by atoms with Crippen molar-refractivity contribution in [2.24, 2.45) is 0 Å². The highest BCUT2D eigenvalue weighted by atomic mass is 79.9. The molecule has 0 aliphatic carbocycles. The molecule has 1 N–H and O–H groups in total. The number of para-hydroxylation sites is 1. The van der Waals surface area contributed by atoms with Crippen LogP contribution in [0.4, 0.5) is 17.6 Å². The van der Waals surface area contributed by atoms with E-state index in [1.54, 1.807) is 0 Å². The first-order valence-electron chi connectivity index (χ1n) is 6.33. The van der Waals surface area contributed by atoms with Crippen molar-refractivity contribution in [1.82, 2.24) is 5.32 Å². The Morgan fingerprint density at radius 3 is 2.52 bits per heavy atom. The Hall–Kier alpha value is -2.09. The smallest absolute Gasteiger partial charge is 0.405 e. The molecule has 0 saturated carbocycles. The number of rotatable bonds is 4. The Bertz CT molecular complexity index is 719. The minimum absolute atomic E-state index is 0.121. The van der Waals surface area contributed by atoms with Gasteiger partial charge in [-0.3, -0.25) is 4.79 Å². The fraction of sp³-hybridized carbons (Fsp3) is 0.133. The predicted molar refractivity (Wildman–Crippen MR) is 78.4 cm³/mol. The topological polar surface area (TPSA) is 38.3 Å². The lowest BCUT2D eigenvalue weighted by molar-refractivity contribution is -0.274. The summed E-state index contributed by atoms with van der Waals surface area (Å²) >= 11 is 3.06. The molecule has 2 aromatic rings. The maximum absolute atomic E-state index is 13.7. The second-order valence-electron chi connectivity index (χ2n) is 4.46. The molecule has 0 spiro atoms. The summed E-state index contributed by atoms with van der Waals surface area (Å²) in [4.78, 5) is 11.9. The summed E-state index contributed by atoms with van der Waals surface area (Å²) in [7, 11) is 0. The van der Waals surface area contributed by atoms with Crippen molar-refractivity contribution in [1.29, 1.82) is 0 Å². The van der Waals surface area contributed by atoms with Gasteiger partial charge in [0.25, 0.3) is 5.91 Å². The summed E-state index contributed by atoms with van der Waals surface area (Å²) in [5.41, 5.74) is -0.0851. The van der Waals surface area contributed by atoms with Crippen molar-refractivity contribution in [3.63, 3.8) is 0 Å². The minimum Gasteiger partial charge on any atom is -0.405 e. The first-order chi connectivity index (χ1) is 10.8. The van der Waals surface area contributed by atoms with Crippen molar-refractivity contribution < 1.29 is 27.1 Å². The van der Waals surface area contributed by atoms with Gasteiger partial charge < -0.3 is 10.1 Å². The molecule has 0 heterocycles. The van der Waals surface area contributed by atoms with Crippen molar-refractivity contribution in [2.45, 2.75) is 12.9 Å². The van der Waals surface area contributed by atoms with E-state index in [4.69, 9.17) is 0 Å². The quantitative estimate of drug-likeness (QED) is 0.783. The highest BCUT2D eigenvalue weighted by Gasteiger charge is 2.32. The van der Waals surface area contributed by atoms with Crippen LogP contribution in [0.5, 0.6) is 5.75 Å². The fourth-order valence-electron chi connectivity index (χ4n) is 1.82. The number of amides is 1. The average molecular weight is 392 g/mol. The lowest BCUT2D eigenvalue weighted by Gasteiger charge is -2.13. The molecular weight excluding hydrogens is 382 g/mol. The summed E-state index contributed by atoms with van der Waals surface area (Å²) < 4.78 is 54.9. The zero-order valence-corrected chi connectivity index (χ0v) is 13.0. The van der Waals surface area contributed by atoms with E-state index in [9.17, 15) is 22.4 Å². The second-order valence-corrected chi connectivity index (χ2v) is 5.38. The van der Waals surface area contributed by atoms with Crippen LogP contribution in [0.25, 0.3) is 0 Å². The number of halogens is 5. The van der Waals surface area contributed by atoms with E-state index in [-0.39, 0.29) is 17.7 Å². The molecule has 23 heavy (non-hydrogen) atoms. The van der Waals surface area contributed by atoms with Crippen LogP contribution in [0.1, 0.15) is 15.9 Å². The average Bonchev–Trinajstić information content (AvgIpc) is 2.44. The minimum atomic E-state index is -4.84. The van der Waals surface area contributed by atoms with Crippen LogP contribution in [0.2, 0.25) is 0 Å². The third kappa shape index (κ3) is 4.95. The number of hydrogen-bond acceptors (Lipinski definition) is 2. The maximum Gasteiger partial charge on any atom is 0.573 e. The molecule has 0 aliphatic rings. The summed E-state index contributed by atoms with van der Waals surface area (Å²) in [6, 6.07) is 9.27. The van der Waals surface area contributed by atoms with Crippen LogP contribution in [-0.4, -0.2) is 12.3 Å². The highest BCUT2D eigenvalue weighted by Crippen LogP contribution is 2.26. The summed E-state index contributed by atoms with van der Waals surface area (Å²) in [5.74, 6) is -1.90. The maximum atomic E-state index is 13.7. The molecule has 122 valence electrons. The lowest BCUT2D eigenvalue weighted by Crippen LogP contribution is -2.25. The molecule has 0 fully saturated rings. The van der Waals surface area contributed by atoms with Gasteiger partial charge in [-0.15, -0.1) is 13.2 Å². The third-order valence-electron chi connectivity index (χ3n) is 2.81. The molecule has 0 aliphatic heterocycles. The Kier molecular flexibility index (Phi) is 5.25. The van der Waals surface area contributed by atoms with E-state index >= 15 is 0 Å². The number of benzene rings is 2.